The van der Waals surface area contributed by atoms with Crippen molar-refractivity contribution in [3.8, 4) is 17.2 Å². The maximum Gasteiger partial charge on any atom is 0.246 e. The molecule has 2 aromatic rings. The van der Waals surface area contributed by atoms with Crippen LogP contribution in [0.5, 0.6) is 17.2 Å². The van der Waals surface area contributed by atoms with Crippen molar-refractivity contribution in [3.63, 3.8) is 0 Å². The van der Waals surface area contributed by atoms with Crippen molar-refractivity contribution in [1.82, 2.24) is 4.31 Å². The van der Waals surface area contributed by atoms with Crippen molar-refractivity contribution in [2.24, 2.45) is 0 Å². The molecule has 0 N–H and O–H groups in total. The average molecular weight is 351 g/mol. The van der Waals surface area contributed by atoms with Crippen LogP contribution in [-0.4, -0.2) is 41.1 Å². The molecule has 0 aromatic heterocycles. The number of sulfonamides is 1. The van der Waals surface area contributed by atoms with Gasteiger partial charge in [-0.15, -0.1) is 0 Å². The second kappa shape index (κ2) is 7.55. The summed E-state index contributed by atoms with van der Waals surface area (Å²) >= 11 is 0. The highest BCUT2D eigenvalue weighted by molar-refractivity contribution is 7.89. The molecule has 2 aromatic carbocycles. The largest absolute Gasteiger partial charge is 0.497 e. The van der Waals surface area contributed by atoms with Gasteiger partial charge in [-0.1, -0.05) is 18.2 Å². The Balaban J connectivity index is 2.39. The fourth-order valence-corrected chi connectivity index (χ4v) is 3.63. The normalized spacial score (nSPS) is 11.4. The highest BCUT2D eigenvalue weighted by Crippen LogP contribution is 2.31. The Morgan fingerprint density at radius 1 is 0.917 bits per heavy atom. The number of benzene rings is 2. The van der Waals surface area contributed by atoms with Crippen LogP contribution in [0, 0.1) is 0 Å². The Hall–Kier alpha value is -2.25. The first-order valence-electron chi connectivity index (χ1n) is 7.24. The number of hydrogen-bond donors (Lipinski definition) is 0. The molecule has 0 amide bonds. The van der Waals surface area contributed by atoms with Crippen LogP contribution in [0.4, 0.5) is 0 Å². The molecule has 0 saturated heterocycles. The topological polar surface area (TPSA) is 65.1 Å². The molecule has 24 heavy (non-hydrogen) atoms. The molecule has 0 heterocycles. The number of rotatable bonds is 7. The van der Waals surface area contributed by atoms with Gasteiger partial charge in [0.1, 0.15) is 22.1 Å². The summed E-state index contributed by atoms with van der Waals surface area (Å²) in [5.41, 5.74) is 0.771. The van der Waals surface area contributed by atoms with Crippen molar-refractivity contribution < 1.29 is 22.6 Å². The van der Waals surface area contributed by atoms with Crippen LogP contribution >= 0.6 is 0 Å². The zero-order valence-electron chi connectivity index (χ0n) is 14.1. The number of ether oxygens (including phenoxy) is 3. The number of nitrogens with zero attached hydrogens (tertiary/aromatic N) is 1. The first-order chi connectivity index (χ1) is 11.4. The lowest BCUT2D eigenvalue weighted by Gasteiger charge is -2.20. The maximum atomic E-state index is 12.9. The van der Waals surface area contributed by atoms with E-state index >= 15 is 0 Å². The molecule has 0 fully saturated rings. The van der Waals surface area contributed by atoms with Gasteiger partial charge in [0.15, 0.2) is 0 Å². The Labute approximate surface area is 142 Å². The summed E-state index contributed by atoms with van der Waals surface area (Å²) in [5.74, 6) is 1.35. The fourth-order valence-electron chi connectivity index (χ4n) is 2.31. The first-order valence-corrected chi connectivity index (χ1v) is 8.68. The molecule has 7 heteroatoms. The predicted octanol–water partition coefficient (Wildman–Crippen LogP) is 2.53. The first kappa shape index (κ1) is 18.1. The van der Waals surface area contributed by atoms with E-state index in [9.17, 15) is 8.42 Å². The minimum absolute atomic E-state index is 0.0572. The Morgan fingerprint density at radius 2 is 1.58 bits per heavy atom. The van der Waals surface area contributed by atoms with Crippen molar-refractivity contribution >= 4 is 10.0 Å². The van der Waals surface area contributed by atoms with E-state index in [1.807, 2.05) is 18.2 Å². The maximum absolute atomic E-state index is 12.9. The summed E-state index contributed by atoms with van der Waals surface area (Å²) in [6.45, 7) is 0.173. The second-order valence-corrected chi connectivity index (χ2v) is 7.10. The Kier molecular flexibility index (Phi) is 5.69. The van der Waals surface area contributed by atoms with E-state index in [1.165, 1.54) is 31.6 Å². The quantitative estimate of drug-likeness (QED) is 0.767. The lowest BCUT2D eigenvalue weighted by atomic mass is 10.2. The molecule has 0 aliphatic heterocycles. The lowest BCUT2D eigenvalue weighted by molar-refractivity contribution is 0.385. The molecule has 130 valence electrons. The van der Waals surface area contributed by atoms with Crippen LogP contribution in [0.25, 0.3) is 0 Å². The minimum Gasteiger partial charge on any atom is -0.497 e. The third kappa shape index (κ3) is 3.63. The molecular weight excluding hydrogens is 330 g/mol. The molecule has 0 atom stereocenters. The van der Waals surface area contributed by atoms with Gasteiger partial charge in [-0.25, -0.2) is 8.42 Å². The molecule has 2 rings (SSSR count). The van der Waals surface area contributed by atoms with Crippen molar-refractivity contribution in [1.29, 1.82) is 0 Å². The average Bonchev–Trinajstić information content (AvgIpc) is 2.61. The van der Waals surface area contributed by atoms with Crippen molar-refractivity contribution in [2.45, 2.75) is 11.4 Å². The van der Waals surface area contributed by atoms with Crippen LogP contribution in [0.3, 0.4) is 0 Å². The van der Waals surface area contributed by atoms with E-state index in [2.05, 4.69) is 0 Å². The van der Waals surface area contributed by atoms with E-state index in [1.54, 1.807) is 25.3 Å². The molecule has 0 unspecified atom stereocenters. The van der Waals surface area contributed by atoms with Gasteiger partial charge in [-0.2, -0.15) is 4.31 Å². The minimum atomic E-state index is -3.76. The van der Waals surface area contributed by atoms with Gasteiger partial charge in [0, 0.05) is 25.2 Å². The summed E-state index contributed by atoms with van der Waals surface area (Å²) in [7, 11) is 2.22. The monoisotopic (exact) mass is 351 g/mol. The van der Waals surface area contributed by atoms with Gasteiger partial charge in [0.2, 0.25) is 10.0 Å². The molecule has 0 radical (unpaired) electrons. The van der Waals surface area contributed by atoms with Crippen LogP contribution in [-0.2, 0) is 16.6 Å². The van der Waals surface area contributed by atoms with Crippen LogP contribution in [0.15, 0.2) is 47.4 Å². The highest BCUT2D eigenvalue weighted by Gasteiger charge is 2.26. The summed E-state index contributed by atoms with van der Waals surface area (Å²) in [4.78, 5) is 0.0572. The Bertz CT molecular complexity index is 804. The van der Waals surface area contributed by atoms with Crippen LogP contribution in [0.2, 0.25) is 0 Å². The number of hydrogen-bond acceptors (Lipinski definition) is 5. The van der Waals surface area contributed by atoms with Crippen LogP contribution < -0.4 is 14.2 Å². The molecule has 0 saturated carbocycles. The van der Waals surface area contributed by atoms with E-state index in [0.717, 1.165) is 5.56 Å². The van der Waals surface area contributed by atoms with Gasteiger partial charge in [-0.05, 0) is 18.2 Å². The van der Waals surface area contributed by atoms with Gasteiger partial charge < -0.3 is 14.2 Å². The van der Waals surface area contributed by atoms with Crippen LogP contribution in [0.1, 0.15) is 5.56 Å². The molecular formula is C17H21NO5S. The third-order valence-electron chi connectivity index (χ3n) is 3.64. The zero-order valence-corrected chi connectivity index (χ0v) is 15.0. The smallest absolute Gasteiger partial charge is 0.246 e. The van der Waals surface area contributed by atoms with E-state index in [-0.39, 0.29) is 17.2 Å². The second-order valence-electron chi connectivity index (χ2n) is 5.09. The number of methoxy groups -OCH3 is 3. The molecule has 0 bridgehead atoms. The summed E-state index contributed by atoms with van der Waals surface area (Å²) in [5, 5.41) is 0. The van der Waals surface area contributed by atoms with E-state index in [0.29, 0.717) is 11.5 Å². The van der Waals surface area contributed by atoms with Gasteiger partial charge in [-0.3, -0.25) is 0 Å². The SMILES string of the molecule is COc1ccc(OC)c(S(=O)(=O)N(C)Cc2ccccc2OC)c1. The summed E-state index contributed by atoms with van der Waals surface area (Å²) in [6.07, 6.45) is 0. The van der Waals surface area contributed by atoms with Crippen molar-refractivity contribution in [3.05, 3.63) is 48.0 Å². The summed E-state index contributed by atoms with van der Waals surface area (Å²) < 4.78 is 42.7. The van der Waals surface area contributed by atoms with E-state index < -0.39 is 10.0 Å². The molecule has 0 aliphatic rings. The zero-order chi connectivity index (χ0) is 17.7. The predicted molar refractivity (Wildman–Crippen MR) is 91.2 cm³/mol. The van der Waals surface area contributed by atoms with Gasteiger partial charge >= 0.3 is 0 Å². The Morgan fingerprint density at radius 3 is 2.21 bits per heavy atom. The highest BCUT2D eigenvalue weighted by atomic mass is 32.2. The number of para-hydroxylation sites is 1. The lowest BCUT2D eigenvalue weighted by Crippen LogP contribution is -2.27. The third-order valence-corrected chi connectivity index (χ3v) is 5.47. The summed E-state index contributed by atoms with van der Waals surface area (Å²) in [6, 6.07) is 12.0. The van der Waals surface area contributed by atoms with Gasteiger partial charge in [0.05, 0.1) is 21.3 Å². The standard InChI is InChI=1S/C17H21NO5S/c1-18(12-13-7-5-6-8-15(13)22-3)24(19,20)17-11-14(21-2)9-10-16(17)23-4/h5-11H,12H2,1-4H3. The fraction of sp³-hybridized carbons (Fsp3) is 0.294. The molecule has 0 spiro atoms. The van der Waals surface area contributed by atoms with Crippen molar-refractivity contribution in [2.75, 3.05) is 28.4 Å². The molecule has 0 aliphatic carbocycles. The van der Waals surface area contributed by atoms with Gasteiger partial charge in [0.25, 0.3) is 0 Å². The van der Waals surface area contributed by atoms with E-state index in [4.69, 9.17) is 14.2 Å². The molecule has 6 nitrogen and oxygen atoms in total.